The van der Waals surface area contributed by atoms with Gasteiger partial charge in [-0.05, 0) is 91.1 Å². The lowest BCUT2D eigenvalue weighted by atomic mass is 9.72. The van der Waals surface area contributed by atoms with Crippen molar-refractivity contribution in [1.82, 2.24) is 34.6 Å². The molecule has 5 aromatic rings. The normalized spacial score (nSPS) is 20.7. The molecule has 1 spiro atoms. The summed E-state index contributed by atoms with van der Waals surface area (Å²) in [4.78, 5) is 81.5. The highest BCUT2D eigenvalue weighted by atomic mass is 32.1. The molecular weight excluding hydrogens is 867 g/mol. The molecule has 66 heavy (non-hydrogen) atoms. The number of halogens is 2. The fourth-order valence-electron chi connectivity index (χ4n) is 10.9. The molecule has 5 amide bonds. The molecule has 3 aromatic carbocycles. The van der Waals surface area contributed by atoms with Gasteiger partial charge in [0, 0.05) is 97.4 Å². The second-order valence-electron chi connectivity index (χ2n) is 18.6. The first kappa shape index (κ1) is 42.1. The number of carbonyl (C=O) groups excluding carboxylic acids is 5. The number of anilines is 3. The predicted molar refractivity (Wildman–Crippen MR) is 242 cm³/mol. The van der Waals surface area contributed by atoms with Gasteiger partial charge in [-0.3, -0.25) is 39.5 Å². The Hall–Kier alpha value is -6.53. The molecule has 4 saturated heterocycles. The SMILES string of the molecule is O=C1CC[C@H](Nc2ccc(C3CCN(C(=O)CN4CC5(C4)CN(c4ccc(-c6cc(F)c7c(c6)C(=O)N(C(C(=O)Nc6nccs6)c6ncn8c6CCC8)C7)cc4)C5)CC3)c(F)c2)C(=O)N1. The van der Waals surface area contributed by atoms with Crippen LogP contribution in [0, 0.1) is 17.0 Å². The molecule has 1 unspecified atom stereocenters. The summed E-state index contributed by atoms with van der Waals surface area (Å²) in [6.45, 7) is 5.63. The highest BCUT2D eigenvalue weighted by Gasteiger charge is 2.52. The average molecular weight is 915 g/mol. The summed E-state index contributed by atoms with van der Waals surface area (Å²) in [7, 11) is 0. The molecule has 0 radical (unpaired) electrons. The smallest absolute Gasteiger partial charge is 0.255 e. The third-order valence-corrected chi connectivity index (χ3v) is 14.9. The molecule has 2 aromatic heterocycles. The van der Waals surface area contributed by atoms with Gasteiger partial charge in [0.2, 0.25) is 17.7 Å². The summed E-state index contributed by atoms with van der Waals surface area (Å²) in [6, 6.07) is 14.4. The Labute approximate surface area is 383 Å². The summed E-state index contributed by atoms with van der Waals surface area (Å²) in [5, 5.41) is 10.3. The molecule has 0 aliphatic carbocycles. The Morgan fingerprint density at radius 1 is 0.894 bits per heavy atom. The van der Waals surface area contributed by atoms with Crippen molar-refractivity contribution in [2.75, 3.05) is 61.3 Å². The lowest BCUT2D eigenvalue weighted by molar-refractivity contribution is -0.138. The van der Waals surface area contributed by atoms with Gasteiger partial charge in [-0.25, -0.2) is 18.7 Å². The number of benzene rings is 3. The highest BCUT2D eigenvalue weighted by molar-refractivity contribution is 7.13. The van der Waals surface area contributed by atoms with Gasteiger partial charge in [-0.2, -0.15) is 0 Å². The molecule has 2 atom stereocenters. The first-order valence-electron chi connectivity index (χ1n) is 22.6. The summed E-state index contributed by atoms with van der Waals surface area (Å²) in [5.41, 5.74) is 5.53. The molecule has 0 saturated carbocycles. The Morgan fingerprint density at radius 3 is 2.44 bits per heavy atom. The number of amides is 5. The van der Waals surface area contributed by atoms with Gasteiger partial charge in [0.25, 0.3) is 11.8 Å². The number of hydrogen-bond acceptors (Lipinski definition) is 11. The number of rotatable bonds is 11. The van der Waals surface area contributed by atoms with Crippen molar-refractivity contribution in [3.63, 3.8) is 0 Å². The summed E-state index contributed by atoms with van der Waals surface area (Å²) in [6.07, 6.45) is 6.89. The maximum absolute atomic E-state index is 15.9. The largest absolute Gasteiger partial charge is 0.374 e. The number of piperidine rings is 2. The second-order valence-corrected chi connectivity index (χ2v) is 19.5. The number of carbonyl (C=O) groups is 5. The molecule has 4 fully saturated rings. The van der Waals surface area contributed by atoms with Gasteiger partial charge < -0.3 is 24.6 Å². The van der Waals surface area contributed by atoms with E-state index >= 15 is 8.78 Å². The van der Waals surface area contributed by atoms with Crippen LogP contribution >= 0.6 is 11.3 Å². The minimum absolute atomic E-state index is 0.00554. The van der Waals surface area contributed by atoms with Crippen molar-refractivity contribution in [3.8, 4) is 11.1 Å². The molecule has 6 aliphatic rings. The maximum atomic E-state index is 15.9. The van der Waals surface area contributed by atoms with Gasteiger partial charge in [0.05, 0.1) is 25.1 Å². The fourth-order valence-corrected chi connectivity index (χ4v) is 11.4. The van der Waals surface area contributed by atoms with E-state index in [1.165, 1.54) is 28.4 Å². The van der Waals surface area contributed by atoms with Gasteiger partial charge in [-0.15, -0.1) is 11.3 Å². The molecule has 0 bridgehead atoms. The Kier molecular flexibility index (Phi) is 10.7. The van der Waals surface area contributed by atoms with E-state index < -0.39 is 35.6 Å². The monoisotopic (exact) mass is 914 g/mol. The van der Waals surface area contributed by atoms with Crippen LogP contribution in [0.4, 0.5) is 25.3 Å². The second kappa shape index (κ2) is 16.7. The summed E-state index contributed by atoms with van der Waals surface area (Å²) >= 11 is 1.28. The van der Waals surface area contributed by atoms with Crippen LogP contribution in [0.15, 0.2) is 72.5 Å². The van der Waals surface area contributed by atoms with Crippen LogP contribution in [-0.2, 0) is 38.7 Å². The minimum Gasteiger partial charge on any atom is -0.374 e. The fraction of sp³-hybridized carbons (Fsp3) is 0.396. The first-order valence-corrected chi connectivity index (χ1v) is 23.5. The van der Waals surface area contributed by atoms with E-state index in [4.69, 9.17) is 0 Å². The zero-order chi connectivity index (χ0) is 45.3. The number of nitrogens with zero attached hydrogens (tertiary/aromatic N) is 7. The number of aryl methyl sites for hydroxylation is 1. The van der Waals surface area contributed by atoms with E-state index in [1.54, 1.807) is 36.1 Å². The van der Waals surface area contributed by atoms with Gasteiger partial charge in [0.1, 0.15) is 17.7 Å². The minimum atomic E-state index is -1.05. The van der Waals surface area contributed by atoms with Crippen LogP contribution in [0.25, 0.3) is 11.1 Å². The quantitative estimate of drug-likeness (QED) is 0.148. The summed E-state index contributed by atoms with van der Waals surface area (Å²) < 4.78 is 33.2. The van der Waals surface area contributed by atoms with E-state index in [2.05, 4.69) is 35.7 Å². The third-order valence-electron chi connectivity index (χ3n) is 14.3. The van der Waals surface area contributed by atoms with Crippen LogP contribution in [0.2, 0.25) is 0 Å². The predicted octanol–water partition coefficient (Wildman–Crippen LogP) is 5.31. The lowest BCUT2D eigenvalue weighted by Gasteiger charge is -2.61. The van der Waals surface area contributed by atoms with E-state index in [0.717, 1.165) is 62.5 Å². The molecule has 11 rings (SSSR count). The number of aromatic nitrogens is 3. The number of hydrogen-bond donors (Lipinski definition) is 3. The maximum Gasteiger partial charge on any atom is 0.255 e. The Bertz CT molecular complexity index is 2760. The third kappa shape index (κ3) is 7.78. The number of likely N-dealkylation sites (tertiary alicyclic amines) is 2. The van der Waals surface area contributed by atoms with Crippen molar-refractivity contribution < 1.29 is 32.8 Å². The van der Waals surface area contributed by atoms with Crippen LogP contribution in [0.1, 0.15) is 76.9 Å². The highest BCUT2D eigenvalue weighted by Crippen LogP contribution is 2.43. The zero-order valence-electron chi connectivity index (χ0n) is 36.1. The molecule has 340 valence electrons. The number of fused-ring (bicyclic) bond motifs is 2. The number of thiazole rings is 1. The average Bonchev–Trinajstić information content (AvgIpc) is 4.11. The van der Waals surface area contributed by atoms with Crippen molar-refractivity contribution in [3.05, 3.63) is 112 Å². The van der Waals surface area contributed by atoms with Gasteiger partial charge in [-0.1, -0.05) is 18.2 Å². The van der Waals surface area contributed by atoms with Crippen molar-refractivity contribution in [1.29, 1.82) is 0 Å². The molecular formula is C48H48F2N10O5S. The molecule has 3 N–H and O–H groups in total. The van der Waals surface area contributed by atoms with Crippen LogP contribution < -0.4 is 20.9 Å². The molecule has 18 heteroatoms. The van der Waals surface area contributed by atoms with E-state index in [-0.39, 0.29) is 53.1 Å². The van der Waals surface area contributed by atoms with Gasteiger partial charge >= 0.3 is 0 Å². The van der Waals surface area contributed by atoms with E-state index in [1.807, 2.05) is 33.7 Å². The Balaban J connectivity index is 0.666. The molecule has 6 aliphatic heterocycles. The number of imide groups is 1. The van der Waals surface area contributed by atoms with Crippen molar-refractivity contribution in [2.24, 2.45) is 5.41 Å². The lowest BCUT2D eigenvalue weighted by Crippen LogP contribution is -2.73. The Morgan fingerprint density at radius 2 is 1.70 bits per heavy atom. The number of nitrogens with one attached hydrogen (secondary N) is 3. The first-order chi connectivity index (χ1) is 32.0. The van der Waals surface area contributed by atoms with Crippen molar-refractivity contribution in [2.45, 2.75) is 69.6 Å². The van der Waals surface area contributed by atoms with Gasteiger partial charge in [0.15, 0.2) is 11.2 Å². The van der Waals surface area contributed by atoms with Crippen LogP contribution in [-0.4, -0.2) is 111 Å². The van der Waals surface area contributed by atoms with E-state index in [0.29, 0.717) is 66.5 Å². The number of imidazole rings is 1. The molecule has 15 nitrogen and oxygen atoms in total. The zero-order valence-corrected chi connectivity index (χ0v) is 36.9. The van der Waals surface area contributed by atoms with E-state index in [9.17, 15) is 24.0 Å². The standard InChI is InChI=1S/C48H48F2N10O5S/c49-36-19-30(18-34-35(36)21-60(46(34)65)43(45(64)55-47-51-13-17-66-47)42-39-2-1-14-58(39)27-52-42)28-3-6-32(7-4-28)59-25-48(26-59)23-56(24-48)22-41(62)57-15-11-29(12-16-57)33-8-5-31(20-37(33)50)53-38-9-10-40(61)54-44(38)63/h3-8,13,17-20,27,29,38,43,53H,1-2,9-12,14-16,21-26H2,(H,51,55,64)(H,54,61,63)/t38-,43?/m0/s1. The van der Waals surface area contributed by atoms with Crippen molar-refractivity contribution >= 4 is 57.4 Å². The van der Waals surface area contributed by atoms with Crippen LogP contribution in [0.3, 0.4) is 0 Å². The molecule has 8 heterocycles. The van der Waals surface area contributed by atoms with Crippen LogP contribution in [0.5, 0.6) is 0 Å². The summed E-state index contributed by atoms with van der Waals surface area (Å²) in [5.74, 6) is -2.33. The topological polar surface area (TPSA) is 165 Å².